The second kappa shape index (κ2) is 7.31. The summed E-state index contributed by atoms with van der Waals surface area (Å²) >= 11 is 18.2. The Morgan fingerprint density at radius 3 is 2.61 bits per heavy atom. The minimum atomic E-state index is -3.56. The molecule has 0 aliphatic rings. The fraction of sp³-hybridized carbons (Fsp3) is 0.600. The number of thiophene rings is 1. The molecule has 1 rings (SSSR count). The highest BCUT2D eigenvalue weighted by atomic mass is 35.5. The zero-order chi connectivity index (χ0) is 13.8. The minimum absolute atomic E-state index is 0.0459. The topological polar surface area (TPSA) is 46.2 Å². The maximum Gasteiger partial charge on any atom is 0.242 e. The average molecular weight is 351 g/mol. The minimum Gasteiger partial charge on any atom is -0.211 e. The summed E-state index contributed by atoms with van der Waals surface area (Å²) < 4.78 is 26.9. The third kappa shape index (κ3) is 4.87. The highest BCUT2D eigenvalue weighted by Gasteiger charge is 2.20. The first-order valence-corrected chi connectivity index (χ1v) is 8.96. The lowest BCUT2D eigenvalue weighted by molar-refractivity contribution is 0.543. The van der Waals surface area contributed by atoms with E-state index in [1.165, 1.54) is 6.07 Å². The van der Waals surface area contributed by atoms with Crippen LogP contribution in [0.5, 0.6) is 0 Å². The second-order valence-electron chi connectivity index (χ2n) is 3.99. The summed E-state index contributed by atoms with van der Waals surface area (Å²) in [5.41, 5.74) is 0. The molecule has 0 bridgehead atoms. The molecule has 0 spiro atoms. The molecule has 0 saturated carbocycles. The molecule has 0 aliphatic carbocycles. The van der Waals surface area contributed by atoms with E-state index < -0.39 is 10.0 Å². The maximum absolute atomic E-state index is 11.9. The lowest BCUT2D eigenvalue weighted by atomic mass is 10.1. The van der Waals surface area contributed by atoms with Crippen LogP contribution in [0.4, 0.5) is 0 Å². The molecule has 1 aromatic rings. The van der Waals surface area contributed by atoms with Gasteiger partial charge in [-0.3, -0.25) is 0 Å². The SMILES string of the molecule is CC(CCl)CCCNS(=O)(=O)c1cc(Cl)sc1Cl. The van der Waals surface area contributed by atoms with Crippen LogP contribution in [0.3, 0.4) is 0 Å². The predicted molar refractivity (Wildman–Crippen MR) is 78.6 cm³/mol. The molecule has 0 aromatic carbocycles. The Kier molecular flexibility index (Phi) is 6.72. The fourth-order valence-electron chi connectivity index (χ4n) is 1.32. The van der Waals surface area contributed by atoms with E-state index in [1.54, 1.807) is 0 Å². The average Bonchev–Trinajstić information content (AvgIpc) is 2.64. The fourth-order valence-corrected chi connectivity index (χ4v) is 4.70. The summed E-state index contributed by atoms with van der Waals surface area (Å²) in [5, 5.41) is 0. The van der Waals surface area contributed by atoms with Crippen molar-refractivity contribution in [1.82, 2.24) is 4.72 Å². The normalized spacial score (nSPS) is 13.8. The number of hydrogen-bond donors (Lipinski definition) is 1. The third-order valence-corrected chi connectivity index (χ3v) is 6.08. The van der Waals surface area contributed by atoms with Crippen molar-refractivity contribution in [1.29, 1.82) is 0 Å². The maximum atomic E-state index is 11.9. The zero-order valence-electron chi connectivity index (χ0n) is 9.75. The summed E-state index contributed by atoms with van der Waals surface area (Å²) in [4.78, 5) is 0.0459. The van der Waals surface area contributed by atoms with Crippen LogP contribution < -0.4 is 4.72 Å². The molecule has 0 radical (unpaired) electrons. The van der Waals surface area contributed by atoms with Crippen molar-refractivity contribution < 1.29 is 8.42 Å². The lowest BCUT2D eigenvalue weighted by Crippen LogP contribution is -2.25. The standard InChI is InChI=1S/C10H14Cl3NO2S2/c1-7(6-11)3-2-4-14-18(15,16)8-5-9(12)17-10(8)13/h5,7,14H,2-4,6H2,1H3. The van der Waals surface area contributed by atoms with Crippen molar-refractivity contribution in [2.75, 3.05) is 12.4 Å². The van der Waals surface area contributed by atoms with Gasteiger partial charge in [0.05, 0.1) is 4.34 Å². The predicted octanol–water partition coefficient (Wildman–Crippen LogP) is 3.99. The van der Waals surface area contributed by atoms with Gasteiger partial charge in [-0.2, -0.15) is 0 Å². The molecule has 0 fully saturated rings. The quantitative estimate of drug-likeness (QED) is 0.597. The van der Waals surface area contributed by atoms with E-state index in [-0.39, 0.29) is 9.23 Å². The second-order valence-corrected chi connectivity index (χ2v) is 8.32. The van der Waals surface area contributed by atoms with Crippen LogP contribution >= 0.6 is 46.1 Å². The van der Waals surface area contributed by atoms with E-state index in [1.807, 2.05) is 6.92 Å². The van der Waals surface area contributed by atoms with Crippen molar-refractivity contribution in [3.63, 3.8) is 0 Å². The zero-order valence-corrected chi connectivity index (χ0v) is 13.7. The first-order chi connectivity index (χ1) is 8.36. The van der Waals surface area contributed by atoms with Gasteiger partial charge in [0, 0.05) is 12.4 Å². The van der Waals surface area contributed by atoms with Crippen molar-refractivity contribution in [3.05, 3.63) is 14.7 Å². The van der Waals surface area contributed by atoms with Crippen LogP contribution in [0.2, 0.25) is 8.67 Å². The molecule has 1 heterocycles. The molecule has 0 saturated heterocycles. The molecule has 0 aliphatic heterocycles. The van der Waals surface area contributed by atoms with Crippen molar-refractivity contribution in [2.24, 2.45) is 5.92 Å². The monoisotopic (exact) mass is 349 g/mol. The van der Waals surface area contributed by atoms with Crippen LogP contribution in [0.25, 0.3) is 0 Å². The van der Waals surface area contributed by atoms with Gasteiger partial charge in [0.2, 0.25) is 10.0 Å². The summed E-state index contributed by atoms with van der Waals surface area (Å²) in [7, 11) is -3.56. The van der Waals surface area contributed by atoms with Gasteiger partial charge < -0.3 is 0 Å². The largest absolute Gasteiger partial charge is 0.242 e. The van der Waals surface area contributed by atoms with Crippen LogP contribution in [-0.4, -0.2) is 20.8 Å². The Balaban J connectivity index is 2.53. The van der Waals surface area contributed by atoms with Gasteiger partial charge in [0.25, 0.3) is 0 Å². The summed E-state index contributed by atoms with van der Waals surface area (Å²) in [5.74, 6) is 0.967. The van der Waals surface area contributed by atoms with Crippen LogP contribution in [-0.2, 0) is 10.0 Å². The molecule has 0 amide bonds. The number of rotatable bonds is 7. The van der Waals surface area contributed by atoms with Crippen LogP contribution in [0, 0.1) is 5.92 Å². The van der Waals surface area contributed by atoms with E-state index in [2.05, 4.69) is 4.72 Å². The molecule has 1 N–H and O–H groups in total. The molecule has 18 heavy (non-hydrogen) atoms. The summed E-state index contributed by atoms with van der Waals surface area (Å²) in [6.45, 7) is 2.39. The smallest absolute Gasteiger partial charge is 0.211 e. The van der Waals surface area contributed by atoms with Gasteiger partial charge in [0.1, 0.15) is 9.23 Å². The molecule has 1 aromatic heterocycles. The van der Waals surface area contributed by atoms with Crippen LogP contribution in [0.15, 0.2) is 11.0 Å². The number of halogens is 3. The highest BCUT2D eigenvalue weighted by Crippen LogP contribution is 2.34. The Bertz CT molecular complexity index is 487. The van der Waals surface area contributed by atoms with E-state index in [9.17, 15) is 8.42 Å². The molecule has 104 valence electrons. The van der Waals surface area contributed by atoms with Gasteiger partial charge >= 0.3 is 0 Å². The van der Waals surface area contributed by atoms with E-state index in [0.29, 0.717) is 22.7 Å². The third-order valence-electron chi connectivity index (χ3n) is 2.34. The number of nitrogens with one attached hydrogen (secondary N) is 1. The molecule has 8 heteroatoms. The Morgan fingerprint density at radius 2 is 2.11 bits per heavy atom. The number of alkyl halides is 1. The van der Waals surface area contributed by atoms with Gasteiger partial charge in [-0.1, -0.05) is 30.1 Å². The van der Waals surface area contributed by atoms with Gasteiger partial charge in [-0.05, 0) is 24.8 Å². The molecular formula is C10H14Cl3NO2S2. The Hall–Kier alpha value is 0.480. The Morgan fingerprint density at radius 1 is 1.44 bits per heavy atom. The molecule has 3 nitrogen and oxygen atoms in total. The van der Waals surface area contributed by atoms with Crippen molar-refractivity contribution in [3.8, 4) is 0 Å². The number of sulfonamides is 1. The van der Waals surface area contributed by atoms with Crippen molar-refractivity contribution >= 4 is 56.2 Å². The van der Waals surface area contributed by atoms with Crippen molar-refractivity contribution in [2.45, 2.75) is 24.7 Å². The van der Waals surface area contributed by atoms with E-state index >= 15 is 0 Å². The molecule has 1 unspecified atom stereocenters. The van der Waals surface area contributed by atoms with Crippen LogP contribution in [0.1, 0.15) is 19.8 Å². The summed E-state index contributed by atoms with van der Waals surface area (Å²) in [6.07, 6.45) is 1.62. The van der Waals surface area contributed by atoms with Gasteiger partial charge in [-0.25, -0.2) is 13.1 Å². The highest BCUT2D eigenvalue weighted by molar-refractivity contribution is 7.89. The van der Waals surface area contributed by atoms with E-state index in [0.717, 1.165) is 24.2 Å². The Labute approximate surface area is 126 Å². The van der Waals surface area contributed by atoms with E-state index in [4.69, 9.17) is 34.8 Å². The number of hydrogen-bond acceptors (Lipinski definition) is 3. The summed E-state index contributed by atoms with van der Waals surface area (Å²) in [6, 6.07) is 1.36. The molecule has 1 atom stereocenters. The first-order valence-electron chi connectivity index (χ1n) is 5.37. The lowest BCUT2D eigenvalue weighted by Gasteiger charge is -2.08. The van der Waals surface area contributed by atoms with Gasteiger partial charge in [-0.15, -0.1) is 22.9 Å². The van der Waals surface area contributed by atoms with Gasteiger partial charge in [0.15, 0.2) is 0 Å². The molecular weight excluding hydrogens is 337 g/mol. The first kappa shape index (κ1) is 16.5.